The van der Waals surface area contributed by atoms with Gasteiger partial charge in [-0.15, -0.1) is 0 Å². The Morgan fingerprint density at radius 2 is 2.12 bits per heavy atom. The third kappa shape index (κ3) is 3.78. The van der Waals surface area contributed by atoms with E-state index in [0.717, 1.165) is 0 Å². The Morgan fingerprint density at radius 3 is 2.71 bits per heavy atom. The van der Waals surface area contributed by atoms with Crippen molar-refractivity contribution < 1.29 is 13.9 Å². The van der Waals surface area contributed by atoms with Crippen molar-refractivity contribution in [1.29, 1.82) is 0 Å². The van der Waals surface area contributed by atoms with Gasteiger partial charge in [-0.25, -0.2) is 4.39 Å². The number of hydrogen-bond acceptors (Lipinski definition) is 4. The van der Waals surface area contributed by atoms with Gasteiger partial charge in [0.25, 0.3) is 0 Å². The quantitative estimate of drug-likeness (QED) is 0.750. The monoisotopic (exact) mass is 242 g/mol. The van der Waals surface area contributed by atoms with Crippen molar-refractivity contribution in [3.63, 3.8) is 0 Å². The highest BCUT2D eigenvalue weighted by molar-refractivity contribution is 5.62. The zero-order valence-electron chi connectivity index (χ0n) is 10.4. The molecule has 1 aromatic carbocycles. The van der Waals surface area contributed by atoms with Crippen LogP contribution < -0.4 is 15.8 Å². The van der Waals surface area contributed by atoms with Crippen LogP contribution in [0, 0.1) is 11.7 Å². The molecule has 0 bridgehead atoms. The van der Waals surface area contributed by atoms with E-state index < -0.39 is 0 Å². The average Bonchev–Trinajstić information content (AvgIpc) is 2.28. The highest BCUT2D eigenvalue weighted by atomic mass is 19.1. The van der Waals surface area contributed by atoms with Crippen LogP contribution in [0.15, 0.2) is 12.1 Å². The van der Waals surface area contributed by atoms with Gasteiger partial charge in [0.05, 0.1) is 25.1 Å². The number of nitrogen functional groups attached to an aromatic ring is 1. The summed E-state index contributed by atoms with van der Waals surface area (Å²) in [6.07, 6.45) is 0. The molecule has 4 nitrogen and oxygen atoms in total. The van der Waals surface area contributed by atoms with Gasteiger partial charge in [0, 0.05) is 25.8 Å². The third-order valence-corrected chi connectivity index (χ3v) is 2.41. The molecule has 0 saturated carbocycles. The maximum Gasteiger partial charge on any atom is 0.148 e. The second-order valence-corrected chi connectivity index (χ2v) is 4.02. The van der Waals surface area contributed by atoms with Gasteiger partial charge in [-0.3, -0.25) is 0 Å². The molecular formula is C12H19FN2O2. The van der Waals surface area contributed by atoms with E-state index in [9.17, 15) is 4.39 Å². The van der Waals surface area contributed by atoms with Crippen LogP contribution in [0.1, 0.15) is 6.92 Å². The number of nitrogens with one attached hydrogen (secondary N) is 1. The summed E-state index contributed by atoms with van der Waals surface area (Å²) in [6, 6.07) is 2.81. The minimum atomic E-state index is -0.382. The molecule has 0 aromatic heterocycles. The maximum absolute atomic E-state index is 13.6. The molecule has 1 rings (SSSR count). The molecule has 0 aliphatic rings. The van der Waals surface area contributed by atoms with E-state index in [1.165, 1.54) is 13.2 Å². The van der Waals surface area contributed by atoms with Gasteiger partial charge in [0.1, 0.15) is 11.6 Å². The summed E-state index contributed by atoms with van der Waals surface area (Å²) in [7, 11) is 3.14. The molecule has 3 N–H and O–H groups in total. The number of anilines is 2. The lowest BCUT2D eigenvalue weighted by Gasteiger charge is -2.14. The van der Waals surface area contributed by atoms with Gasteiger partial charge in [-0.1, -0.05) is 6.92 Å². The van der Waals surface area contributed by atoms with E-state index in [4.69, 9.17) is 15.2 Å². The summed E-state index contributed by atoms with van der Waals surface area (Å²) in [6.45, 7) is 3.27. The molecule has 0 aliphatic heterocycles. The standard InChI is InChI=1S/C12H19FN2O2/c1-8(7-16-2)6-15-11-5-12(17-3)10(14)4-9(11)13/h4-5,8,15H,6-7,14H2,1-3H3. The molecule has 1 atom stereocenters. The van der Waals surface area contributed by atoms with Gasteiger partial charge in [0.2, 0.25) is 0 Å². The molecule has 0 fully saturated rings. The van der Waals surface area contributed by atoms with Crippen LogP contribution >= 0.6 is 0 Å². The van der Waals surface area contributed by atoms with Gasteiger partial charge in [-0.2, -0.15) is 0 Å². The summed E-state index contributed by atoms with van der Waals surface area (Å²) in [5.74, 6) is 0.379. The maximum atomic E-state index is 13.6. The number of rotatable bonds is 6. The van der Waals surface area contributed by atoms with Crippen LogP contribution in [0.2, 0.25) is 0 Å². The number of methoxy groups -OCH3 is 2. The van der Waals surface area contributed by atoms with Crippen molar-refractivity contribution in [1.82, 2.24) is 0 Å². The van der Waals surface area contributed by atoms with Gasteiger partial charge in [0.15, 0.2) is 0 Å². The van der Waals surface area contributed by atoms with Crippen LogP contribution in [0.3, 0.4) is 0 Å². The third-order valence-electron chi connectivity index (χ3n) is 2.41. The Balaban J connectivity index is 2.70. The molecular weight excluding hydrogens is 223 g/mol. The van der Waals surface area contributed by atoms with E-state index in [0.29, 0.717) is 36.2 Å². The van der Waals surface area contributed by atoms with Crippen LogP contribution in [0.5, 0.6) is 5.75 Å². The number of hydrogen-bond donors (Lipinski definition) is 2. The fraction of sp³-hybridized carbons (Fsp3) is 0.500. The Hall–Kier alpha value is -1.49. The summed E-state index contributed by atoms with van der Waals surface area (Å²) in [4.78, 5) is 0. The molecule has 0 heterocycles. The SMILES string of the molecule is COCC(C)CNc1cc(OC)c(N)cc1F. The highest BCUT2D eigenvalue weighted by Gasteiger charge is 2.09. The zero-order chi connectivity index (χ0) is 12.8. The average molecular weight is 242 g/mol. The fourth-order valence-corrected chi connectivity index (χ4v) is 1.51. The Bertz CT molecular complexity index is 372. The largest absolute Gasteiger partial charge is 0.495 e. The Labute approximate surface area is 101 Å². The first-order chi connectivity index (χ1) is 8.08. The summed E-state index contributed by atoms with van der Waals surface area (Å²) >= 11 is 0. The predicted octanol–water partition coefficient (Wildman–Crippen LogP) is 2.11. The second kappa shape index (κ2) is 6.30. The minimum Gasteiger partial charge on any atom is -0.495 e. The Kier molecular flexibility index (Phi) is 5.03. The topological polar surface area (TPSA) is 56.5 Å². The molecule has 0 saturated heterocycles. The molecule has 1 unspecified atom stereocenters. The van der Waals surface area contributed by atoms with E-state index in [-0.39, 0.29) is 5.82 Å². The first kappa shape index (κ1) is 13.6. The lowest BCUT2D eigenvalue weighted by Crippen LogP contribution is -2.16. The minimum absolute atomic E-state index is 0.292. The van der Waals surface area contributed by atoms with E-state index >= 15 is 0 Å². The summed E-state index contributed by atoms with van der Waals surface area (Å²) < 4.78 is 23.6. The first-order valence-corrected chi connectivity index (χ1v) is 5.44. The summed E-state index contributed by atoms with van der Waals surface area (Å²) in [5, 5.41) is 3.01. The number of benzene rings is 1. The lowest BCUT2D eigenvalue weighted by atomic mass is 10.2. The smallest absolute Gasteiger partial charge is 0.148 e. The molecule has 5 heteroatoms. The molecule has 0 radical (unpaired) electrons. The number of ether oxygens (including phenoxy) is 2. The fourth-order valence-electron chi connectivity index (χ4n) is 1.51. The second-order valence-electron chi connectivity index (χ2n) is 4.02. The van der Waals surface area contributed by atoms with Gasteiger partial charge < -0.3 is 20.5 Å². The van der Waals surface area contributed by atoms with Crippen LogP contribution in [0.4, 0.5) is 15.8 Å². The molecule has 0 spiro atoms. The van der Waals surface area contributed by atoms with Crippen molar-refractivity contribution >= 4 is 11.4 Å². The van der Waals surface area contributed by atoms with Crippen molar-refractivity contribution in [2.45, 2.75) is 6.92 Å². The molecule has 1 aromatic rings. The number of nitrogens with two attached hydrogens (primary N) is 1. The molecule has 0 aliphatic carbocycles. The normalized spacial score (nSPS) is 12.2. The van der Waals surface area contributed by atoms with Crippen molar-refractivity contribution in [2.24, 2.45) is 5.92 Å². The van der Waals surface area contributed by atoms with Crippen LogP contribution in [-0.4, -0.2) is 27.4 Å². The predicted molar refractivity (Wildman–Crippen MR) is 66.9 cm³/mol. The highest BCUT2D eigenvalue weighted by Crippen LogP contribution is 2.28. The van der Waals surface area contributed by atoms with E-state index in [1.54, 1.807) is 13.2 Å². The van der Waals surface area contributed by atoms with Crippen LogP contribution in [0.25, 0.3) is 0 Å². The van der Waals surface area contributed by atoms with Gasteiger partial charge >= 0.3 is 0 Å². The van der Waals surface area contributed by atoms with E-state index in [1.807, 2.05) is 6.92 Å². The van der Waals surface area contributed by atoms with Crippen molar-refractivity contribution in [2.75, 3.05) is 38.4 Å². The van der Waals surface area contributed by atoms with Crippen LogP contribution in [-0.2, 0) is 4.74 Å². The van der Waals surface area contributed by atoms with Gasteiger partial charge in [-0.05, 0) is 5.92 Å². The zero-order valence-corrected chi connectivity index (χ0v) is 10.4. The first-order valence-electron chi connectivity index (χ1n) is 5.44. The van der Waals surface area contributed by atoms with Crippen molar-refractivity contribution in [3.8, 4) is 5.75 Å². The van der Waals surface area contributed by atoms with Crippen molar-refractivity contribution in [3.05, 3.63) is 17.9 Å². The lowest BCUT2D eigenvalue weighted by molar-refractivity contribution is 0.164. The summed E-state index contributed by atoms with van der Waals surface area (Å²) in [5.41, 5.74) is 6.27. The number of halogens is 1. The Morgan fingerprint density at radius 1 is 1.41 bits per heavy atom. The molecule has 0 amide bonds. The van der Waals surface area contributed by atoms with E-state index in [2.05, 4.69) is 5.32 Å². The molecule has 17 heavy (non-hydrogen) atoms. The molecule has 96 valence electrons.